The molecule has 0 aliphatic heterocycles. The van der Waals surface area contributed by atoms with Gasteiger partial charge in [0.25, 0.3) is 15.9 Å². The number of carbonyl (C=O) groups excluding carboxylic acids is 1. The molecule has 0 aliphatic rings. The van der Waals surface area contributed by atoms with Gasteiger partial charge in [-0.25, -0.2) is 13.8 Å². The fraction of sp³-hybridized carbons (Fsp3) is 0. The Morgan fingerprint density at radius 1 is 1.07 bits per heavy atom. The van der Waals surface area contributed by atoms with E-state index >= 15 is 0 Å². The normalized spacial score (nSPS) is 11.1. The van der Waals surface area contributed by atoms with Crippen LogP contribution in [-0.4, -0.2) is 29.4 Å². The van der Waals surface area contributed by atoms with Crippen molar-refractivity contribution < 1.29 is 17.7 Å². The minimum Gasteiger partial charge on any atom is -0.313 e. The SMILES string of the molecule is O=C(NNc1nc(-c2ccncc2)no1)c1cccc(NS(=O)(=O)c2cccs2)c1. The lowest BCUT2D eigenvalue weighted by Gasteiger charge is -2.08. The summed E-state index contributed by atoms with van der Waals surface area (Å²) >= 11 is 1.10. The van der Waals surface area contributed by atoms with E-state index in [9.17, 15) is 13.2 Å². The van der Waals surface area contributed by atoms with Crippen LogP contribution >= 0.6 is 11.3 Å². The van der Waals surface area contributed by atoms with Gasteiger partial charge in [0.05, 0.1) is 0 Å². The first-order valence-corrected chi connectivity index (χ1v) is 10.8. The zero-order chi connectivity index (χ0) is 21.0. The zero-order valence-corrected chi connectivity index (χ0v) is 16.8. The van der Waals surface area contributed by atoms with Crippen molar-refractivity contribution in [3.05, 3.63) is 71.9 Å². The molecule has 1 aromatic carbocycles. The molecule has 1 amide bonds. The summed E-state index contributed by atoms with van der Waals surface area (Å²) in [5.74, 6) is -0.185. The third-order valence-corrected chi connectivity index (χ3v) is 6.56. The topological polar surface area (TPSA) is 139 Å². The first-order valence-electron chi connectivity index (χ1n) is 8.48. The summed E-state index contributed by atoms with van der Waals surface area (Å²) in [7, 11) is -3.71. The standard InChI is InChI=1S/C18H14N6O4S2/c25-17(21-22-18-20-16(23-28-18)12-6-8-19-9-7-12)13-3-1-4-14(11-13)24-30(26,27)15-5-2-10-29-15/h1-11,24H,(H,21,25)(H,20,22,23). The fourth-order valence-corrected chi connectivity index (χ4v) is 4.46. The number of benzene rings is 1. The monoisotopic (exact) mass is 442 g/mol. The third-order valence-electron chi connectivity index (χ3n) is 3.78. The average Bonchev–Trinajstić information content (AvgIpc) is 3.45. The van der Waals surface area contributed by atoms with Gasteiger partial charge in [0, 0.05) is 29.2 Å². The van der Waals surface area contributed by atoms with Crippen molar-refractivity contribution in [2.24, 2.45) is 0 Å². The summed E-state index contributed by atoms with van der Waals surface area (Å²) in [5.41, 5.74) is 6.15. The van der Waals surface area contributed by atoms with Crippen LogP contribution < -0.4 is 15.6 Å². The molecular weight excluding hydrogens is 428 g/mol. The van der Waals surface area contributed by atoms with Gasteiger partial charge in [-0.1, -0.05) is 17.3 Å². The Bertz CT molecular complexity index is 1260. The smallest absolute Gasteiger partial charge is 0.313 e. The zero-order valence-electron chi connectivity index (χ0n) is 15.1. The maximum atomic E-state index is 12.4. The van der Waals surface area contributed by atoms with E-state index in [1.54, 1.807) is 48.1 Å². The largest absolute Gasteiger partial charge is 0.340 e. The number of hydrazine groups is 1. The van der Waals surface area contributed by atoms with Gasteiger partial charge in [0.15, 0.2) is 0 Å². The van der Waals surface area contributed by atoms with E-state index in [0.29, 0.717) is 11.4 Å². The highest BCUT2D eigenvalue weighted by Gasteiger charge is 2.16. The Labute approximate surface area is 175 Å². The fourth-order valence-electron chi connectivity index (χ4n) is 2.42. The molecule has 3 N–H and O–H groups in total. The molecule has 30 heavy (non-hydrogen) atoms. The van der Waals surface area contributed by atoms with Crippen LogP contribution in [0.3, 0.4) is 0 Å². The van der Waals surface area contributed by atoms with Crippen LogP contribution in [0.25, 0.3) is 11.4 Å². The highest BCUT2D eigenvalue weighted by Crippen LogP contribution is 2.21. The summed E-state index contributed by atoms with van der Waals surface area (Å²) in [5, 5.41) is 5.48. The molecule has 10 nitrogen and oxygen atoms in total. The predicted octanol–water partition coefficient (Wildman–Crippen LogP) is 2.75. The third kappa shape index (κ3) is 4.45. The highest BCUT2D eigenvalue weighted by molar-refractivity contribution is 7.94. The number of rotatable bonds is 7. The minimum atomic E-state index is -3.71. The van der Waals surface area contributed by atoms with E-state index in [-0.39, 0.29) is 21.5 Å². The second-order valence-corrected chi connectivity index (χ2v) is 8.71. The van der Waals surface area contributed by atoms with Crippen molar-refractivity contribution >= 4 is 39.0 Å². The molecule has 0 saturated carbocycles. The molecule has 0 radical (unpaired) electrons. The number of hydrogen-bond donors (Lipinski definition) is 3. The van der Waals surface area contributed by atoms with Crippen LogP contribution in [0.5, 0.6) is 0 Å². The number of hydrogen-bond acceptors (Lipinski definition) is 9. The number of nitrogens with zero attached hydrogens (tertiary/aromatic N) is 3. The van der Waals surface area contributed by atoms with Crippen molar-refractivity contribution in [1.82, 2.24) is 20.6 Å². The van der Waals surface area contributed by atoms with E-state index in [1.165, 1.54) is 18.2 Å². The van der Waals surface area contributed by atoms with Crippen LogP contribution in [0.2, 0.25) is 0 Å². The van der Waals surface area contributed by atoms with Gasteiger partial charge in [-0.3, -0.25) is 19.9 Å². The lowest BCUT2D eigenvalue weighted by Crippen LogP contribution is -2.29. The molecule has 0 unspecified atom stereocenters. The van der Waals surface area contributed by atoms with E-state index in [0.717, 1.165) is 11.3 Å². The summed E-state index contributed by atoms with van der Waals surface area (Å²) < 4.78 is 32.3. The summed E-state index contributed by atoms with van der Waals surface area (Å²) in [6.45, 7) is 0. The van der Waals surface area contributed by atoms with E-state index in [2.05, 4.69) is 30.7 Å². The molecule has 0 fully saturated rings. The molecular formula is C18H14N6O4S2. The van der Waals surface area contributed by atoms with Crippen LogP contribution in [0.15, 0.2) is 75.0 Å². The minimum absolute atomic E-state index is 0.00952. The first kappa shape index (κ1) is 19.5. The van der Waals surface area contributed by atoms with Crippen molar-refractivity contribution in [2.45, 2.75) is 4.21 Å². The predicted molar refractivity (Wildman–Crippen MR) is 110 cm³/mol. The van der Waals surface area contributed by atoms with Crippen molar-refractivity contribution in [3.8, 4) is 11.4 Å². The van der Waals surface area contributed by atoms with Gasteiger partial charge in [-0.2, -0.15) is 4.98 Å². The Hall–Kier alpha value is -3.77. The molecule has 0 saturated heterocycles. The molecule has 0 aliphatic carbocycles. The average molecular weight is 442 g/mol. The number of carbonyl (C=O) groups is 1. The van der Waals surface area contributed by atoms with Crippen LogP contribution in [-0.2, 0) is 10.0 Å². The quantitative estimate of drug-likeness (QED) is 0.371. The lowest BCUT2D eigenvalue weighted by molar-refractivity contribution is 0.0961. The highest BCUT2D eigenvalue weighted by atomic mass is 32.2. The molecule has 12 heteroatoms. The number of pyridine rings is 1. The van der Waals surface area contributed by atoms with Crippen LogP contribution in [0, 0.1) is 0 Å². The van der Waals surface area contributed by atoms with E-state index in [4.69, 9.17) is 4.52 Å². The molecule has 0 spiro atoms. The Kier molecular flexibility index (Phi) is 5.41. The second kappa shape index (κ2) is 8.31. The van der Waals surface area contributed by atoms with Gasteiger partial charge >= 0.3 is 6.01 Å². The van der Waals surface area contributed by atoms with Gasteiger partial charge in [-0.15, -0.1) is 11.3 Å². The molecule has 3 aromatic heterocycles. The Morgan fingerprint density at radius 2 is 1.90 bits per heavy atom. The van der Waals surface area contributed by atoms with Crippen molar-refractivity contribution in [3.63, 3.8) is 0 Å². The molecule has 4 rings (SSSR count). The van der Waals surface area contributed by atoms with Gasteiger partial charge in [0.2, 0.25) is 5.82 Å². The summed E-state index contributed by atoms with van der Waals surface area (Å²) in [4.78, 5) is 20.4. The van der Waals surface area contributed by atoms with Crippen molar-refractivity contribution in [2.75, 3.05) is 10.1 Å². The molecule has 0 atom stereocenters. The summed E-state index contributed by atoms with van der Waals surface area (Å²) in [6.07, 6.45) is 3.19. The number of amides is 1. The van der Waals surface area contributed by atoms with Crippen LogP contribution in [0.1, 0.15) is 10.4 Å². The Morgan fingerprint density at radius 3 is 2.67 bits per heavy atom. The van der Waals surface area contributed by atoms with Gasteiger partial charge < -0.3 is 4.52 Å². The first-order chi connectivity index (χ1) is 14.5. The number of sulfonamides is 1. The maximum absolute atomic E-state index is 12.4. The Balaban J connectivity index is 1.41. The van der Waals surface area contributed by atoms with Crippen molar-refractivity contribution in [1.29, 1.82) is 0 Å². The number of aromatic nitrogens is 3. The number of nitrogens with one attached hydrogen (secondary N) is 3. The van der Waals surface area contributed by atoms with Gasteiger partial charge in [0.1, 0.15) is 4.21 Å². The lowest BCUT2D eigenvalue weighted by atomic mass is 10.2. The molecule has 0 bridgehead atoms. The number of anilines is 2. The van der Waals surface area contributed by atoms with Gasteiger partial charge in [-0.05, 0) is 41.8 Å². The maximum Gasteiger partial charge on any atom is 0.340 e. The second-order valence-electron chi connectivity index (χ2n) is 5.86. The summed E-state index contributed by atoms with van der Waals surface area (Å²) in [6, 6.07) is 12.6. The van der Waals surface area contributed by atoms with Crippen LogP contribution in [0.4, 0.5) is 11.7 Å². The van der Waals surface area contributed by atoms with E-state index in [1.807, 2.05) is 0 Å². The molecule has 3 heterocycles. The van der Waals surface area contributed by atoms with E-state index < -0.39 is 15.9 Å². The molecule has 4 aromatic rings. The molecule has 152 valence electrons. The number of thiophene rings is 1.